The minimum atomic E-state index is -2.40. The zero-order chi connectivity index (χ0) is 6.85. The van der Waals surface area contributed by atoms with Gasteiger partial charge in [0.05, 0.1) is 0 Å². The van der Waals surface area contributed by atoms with E-state index in [1.54, 1.807) is 6.92 Å². The molecule has 0 radical (unpaired) electrons. The zero-order valence-corrected chi connectivity index (χ0v) is 5.01. The molecule has 9 heavy (non-hydrogen) atoms. The van der Waals surface area contributed by atoms with Crippen LogP contribution in [0.5, 0.6) is 0 Å². The van der Waals surface area contributed by atoms with Gasteiger partial charge in [0.2, 0.25) is 0 Å². The lowest BCUT2D eigenvalue weighted by atomic mass is 10.5. The third-order valence-corrected chi connectivity index (χ3v) is 1.06. The Morgan fingerprint density at radius 3 is 2.67 bits per heavy atom. The molecule has 0 aromatic heterocycles. The summed E-state index contributed by atoms with van der Waals surface area (Å²) in [6.45, 7) is 2.16. The predicted molar refractivity (Wildman–Crippen MR) is 26.3 cm³/mol. The Bertz CT molecular complexity index is 97.0. The minimum Gasteiger partial charge on any atom is -0.350 e. The molecule has 0 saturated carbocycles. The molecule has 1 heterocycles. The molecule has 0 bridgehead atoms. The monoisotopic (exact) mass is 138 g/mol. The summed E-state index contributed by atoms with van der Waals surface area (Å²) in [6, 6.07) is 0. The quantitative estimate of drug-likeness (QED) is 0.543. The molecule has 0 N–H and O–H groups in total. The highest BCUT2D eigenvalue weighted by Crippen LogP contribution is 2.28. The van der Waals surface area contributed by atoms with Crippen molar-refractivity contribution in [3.05, 3.63) is 0 Å². The highest BCUT2D eigenvalue weighted by molar-refractivity contribution is 4.78. The molecule has 1 fully saturated rings. The molecular weight excluding hydrogens is 130 g/mol. The third-order valence-electron chi connectivity index (χ3n) is 1.06. The highest BCUT2D eigenvalue weighted by Gasteiger charge is 2.47. The summed E-state index contributed by atoms with van der Waals surface area (Å²) in [5.74, 6) is 0. The second kappa shape index (κ2) is 2.58. The van der Waals surface area contributed by atoms with Crippen LogP contribution >= 0.6 is 0 Å². The van der Waals surface area contributed by atoms with E-state index < -0.39 is 18.8 Å². The Hall–Kier alpha value is -0.220. The van der Waals surface area contributed by atoms with Crippen LogP contribution in [0.1, 0.15) is 6.92 Å². The van der Waals surface area contributed by atoms with Crippen molar-refractivity contribution in [2.45, 2.75) is 25.7 Å². The Kier molecular flexibility index (Phi) is 1.97. The van der Waals surface area contributed by atoms with Crippen LogP contribution in [0.4, 0.5) is 8.78 Å². The lowest BCUT2D eigenvalue weighted by Crippen LogP contribution is -2.07. The maximum Gasteiger partial charge on any atom is 0.269 e. The fraction of sp³-hybridized carbons (Fsp3) is 1.00. The van der Waals surface area contributed by atoms with Gasteiger partial charge in [0.1, 0.15) is 0 Å². The van der Waals surface area contributed by atoms with Crippen LogP contribution in [0.25, 0.3) is 0 Å². The summed E-state index contributed by atoms with van der Waals surface area (Å²) in [5.41, 5.74) is 0. The van der Waals surface area contributed by atoms with Crippen molar-refractivity contribution < 1.29 is 18.3 Å². The summed E-state index contributed by atoms with van der Waals surface area (Å²) in [5, 5.41) is 0. The molecule has 1 aliphatic heterocycles. The van der Waals surface area contributed by atoms with Gasteiger partial charge in [-0.25, -0.2) is 8.78 Å². The molecule has 1 saturated heterocycles. The Balaban J connectivity index is 2.09. The average Bonchev–Trinajstić information content (AvgIpc) is 2.47. The smallest absolute Gasteiger partial charge is 0.269 e. The summed E-state index contributed by atoms with van der Waals surface area (Å²) in [4.78, 5) is 0. The van der Waals surface area contributed by atoms with Crippen LogP contribution in [0, 0.1) is 0 Å². The van der Waals surface area contributed by atoms with E-state index in [-0.39, 0.29) is 0 Å². The van der Waals surface area contributed by atoms with Gasteiger partial charge < -0.3 is 9.47 Å². The Labute approximate surface area is 51.8 Å². The van der Waals surface area contributed by atoms with Gasteiger partial charge >= 0.3 is 0 Å². The van der Waals surface area contributed by atoms with Crippen molar-refractivity contribution >= 4 is 0 Å². The number of alkyl halides is 2. The van der Waals surface area contributed by atoms with Gasteiger partial charge in [0.25, 0.3) is 6.43 Å². The normalized spacial score (nSPS) is 33.3. The first-order valence-corrected chi connectivity index (χ1v) is 2.81. The number of epoxide rings is 1. The first-order chi connectivity index (χ1) is 4.25. The van der Waals surface area contributed by atoms with Crippen molar-refractivity contribution in [2.75, 3.05) is 6.61 Å². The van der Waals surface area contributed by atoms with E-state index in [9.17, 15) is 8.78 Å². The summed E-state index contributed by atoms with van der Waals surface area (Å²) in [7, 11) is 0. The van der Waals surface area contributed by atoms with Crippen LogP contribution in [0.2, 0.25) is 0 Å². The fourth-order valence-electron chi connectivity index (χ4n) is 0.586. The highest BCUT2D eigenvalue weighted by atomic mass is 19.3. The number of hydrogen-bond acceptors (Lipinski definition) is 2. The average molecular weight is 138 g/mol. The molecule has 0 aliphatic carbocycles. The molecule has 0 aromatic rings. The summed E-state index contributed by atoms with van der Waals surface area (Å²) < 4.78 is 32.3. The van der Waals surface area contributed by atoms with Crippen molar-refractivity contribution in [3.8, 4) is 0 Å². The van der Waals surface area contributed by atoms with Crippen LogP contribution in [-0.4, -0.2) is 25.4 Å². The molecular formula is C5H8F2O2. The molecule has 1 rings (SSSR count). The van der Waals surface area contributed by atoms with Crippen LogP contribution in [-0.2, 0) is 9.47 Å². The van der Waals surface area contributed by atoms with Gasteiger partial charge in [-0.2, -0.15) is 0 Å². The second-order valence-electron chi connectivity index (χ2n) is 1.76. The summed E-state index contributed by atoms with van der Waals surface area (Å²) in [6.07, 6.45) is -4.01. The van der Waals surface area contributed by atoms with Crippen molar-refractivity contribution in [1.29, 1.82) is 0 Å². The largest absolute Gasteiger partial charge is 0.350 e. The molecule has 0 aromatic carbocycles. The molecule has 4 heteroatoms. The van der Waals surface area contributed by atoms with E-state index in [2.05, 4.69) is 4.74 Å². The van der Waals surface area contributed by atoms with Crippen LogP contribution in [0.15, 0.2) is 0 Å². The molecule has 2 atom stereocenters. The minimum absolute atomic E-state index is 0.424. The lowest BCUT2D eigenvalue weighted by molar-refractivity contribution is 0.0591. The Morgan fingerprint density at radius 2 is 2.33 bits per heavy atom. The number of halogens is 2. The predicted octanol–water partition coefficient (Wildman–Crippen LogP) is 1.01. The fourth-order valence-corrected chi connectivity index (χ4v) is 0.586. The van der Waals surface area contributed by atoms with Crippen LogP contribution < -0.4 is 0 Å². The Morgan fingerprint density at radius 1 is 1.67 bits per heavy atom. The zero-order valence-electron chi connectivity index (χ0n) is 5.01. The van der Waals surface area contributed by atoms with E-state index in [1.807, 2.05) is 0 Å². The van der Waals surface area contributed by atoms with E-state index >= 15 is 0 Å². The van der Waals surface area contributed by atoms with Crippen LogP contribution in [0.3, 0.4) is 0 Å². The SMILES string of the molecule is CCOC1OC1C(F)F. The van der Waals surface area contributed by atoms with Crippen molar-refractivity contribution in [1.82, 2.24) is 0 Å². The second-order valence-corrected chi connectivity index (χ2v) is 1.76. The number of rotatable bonds is 3. The first-order valence-electron chi connectivity index (χ1n) is 2.81. The maximum atomic E-state index is 11.6. The molecule has 0 amide bonds. The number of ether oxygens (including phenoxy) is 2. The van der Waals surface area contributed by atoms with Crippen molar-refractivity contribution in [3.63, 3.8) is 0 Å². The van der Waals surface area contributed by atoms with Gasteiger partial charge in [0, 0.05) is 6.61 Å². The first kappa shape index (κ1) is 6.89. The van der Waals surface area contributed by atoms with Gasteiger partial charge in [-0.1, -0.05) is 0 Å². The van der Waals surface area contributed by atoms with E-state index in [4.69, 9.17) is 4.74 Å². The molecule has 2 nitrogen and oxygen atoms in total. The maximum absolute atomic E-state index is 11.6. The molecule has 0 spiro atoms. The van der Waals surface area contributed by atoms with Gasteiger partial charge in [-0.05, 0) is 6.92 Å². The topological polar surface area (TPSA) is 21.8 Å². The standard InChI is InChI=1S/C5H8F2O2/c1-2-8-5-3(9-5)4(6)7/h3-5H,2H2,1H3. The number of hydrogen-bond donors (Lipinski definition) is 0. The van der Waals surface area contributed by atoms with E-state index in [1.165, 1.54) is 0 Å². The molecule has 2 unspecified atom stereocenters. The third kappa shape index (κ3) is 1.59. The van der Waals surface area contributed by atoms with E-state index in [0.29, 0.717) is 6.61 Å². The van der Waals surface area contributed by atoms with Gasteiger partial charge in [0.15, 0.2) is 12.4 Å². The van der Waals surface area contributed by atoms with Crippen molar-refractivity contribution in [2.24, 2.45) is 0 Å². The van der Waals surface area contributed by atoms with Gasteiger partial charge in [-0.15, -0.1) is 0 Å². The van der Waals surface area contributed by atoms with Gasteiger partial charge in [-0.3, -0.25) is 0 Å². The summed E-state index contributed by atoms with van der Waals surface area (Å²) >= 11 is 0. The van der Waals surface area contributed by atoms with E-state index in [0.717, 1.165) is 0 Å². The lowest BCUT2D eigenvalue weighted by Gasteiger charge is -1.91. The molecule has 54 valence electrons. The molecule has 1 aliphatic rings.